The van der Waals surface area contributed by atoms with Crippen LogP contribution in [0.4, 0.5) is 25.0 Å². The first-order valence-electron chi connectivity index (χ1n) is 8.08. The lowest BCUT2D eigenvalue weighted by Crippen LogP contribution is -2.34. The molecule has 2 amide bonds. The molecule has 2 aliphatic rings. The number of nitrogens with one attached hydrogen (secondary N) is 1. The normalized spacial score (nSPS) is 19.6. The number of thiocarbonyl (C=S) groups is 1. The van der Waals surface area contributed by atoms with Gasteiger partial charge in [0.2, 0.25) is 5.91 Å². The van der Waals surface area contributed by atoms with E-state index in [-0.39, 0.29) is 48.8 Å². The van der Waals surface area contributed by atoms with Crippen LogP contribution < -0.4 is 15.1 Å². The number of anilines is 2. The molecule has 1 unspecified atom stereocenters. The Bertz CT molecular complexity index is 771. The van der Waals surface area contributed by atoms with Crippen LogP contribution in [0.1, 0.15) is 0 Å². The summed E-state index contributed by atoms with van der Waals surface area (Å²) >= 11 is 4.84. The van der Waals surface area contributed by atoms with Crippen LogP contribution in [0.5, 0.6) is 0 Å². The Morgan fingerprint density at radius 1 is 1.37 bits per heavy atom. The molecule has 2 saturated heterocycles. The van der Waals surface area contributed by atoms with Gasteiger partial charge in [0, 0.05) is 19.2 Å². The average molecular weight is 400 g/mol. The number of hydrogen-bond acceptors (Lipinski definition) is 6. The van der Waals surface area contributed by atoms with Gasteiger partial charge in [-0.2, -0.15) is 0 Å². The van der Waals surface area contributed by atoms with Crippen LogP contribution >= 0.6 is 12.2 Å². The predicted octanol–water partition coefficient (Wildman–Crippen LogP) is 1.05. The number of likely N-dealkylation sites (N-methyl/N-ethyl adjacent to an activating group) is 1. The smallest absolute Gasteiger partial charge is 0.414 e. The third kappa shape index (κ3) is 3.87. The van der Waals surface area contributed by atoms with E-state index in [1.54, 1.807) is 7.05 Å². The van der Waals surface area contributed by atoms with E-state index in [0.717, 1.165) is 17.0 Å². The lowest BCUT2D eigenvalue weighted by atomic mass is 10.2. The SMILES string of the molecule is COC(=S)NCC1CN(c2cc(F)c(N3CC(=O)N(C)C3)c(F)c2)C(=O)O1. The van der Waals surface area contributed by atoms with Crippen LogP contribution in [-0.4, -0.2) is 68.6 Å². The average Bonchev–Trinajstić information content (AvgIpc) is 3.14. The van der Waals surface area contributed by atoms with Crippen LogP contribution in [0, 0.1) is 11.6 Å². The van der Waals surface area contributed by atoms with E-state index >= 15 is 0 Å². The summed E-state index contributed by atoms with van der Waals surface area (Å²) in [6.07, 6.45) is -1.27. The molecule has 1 atom stereocenters. The zero-order valence-electron chi connectivity index (χ0n) is 14.7. The number of ether oxygens (including phenoxy) is 2. The zero-order chi connectivity index (χ0) is 19.7. The molecule has 0 radical (unpaired) electrons. The van der Waals surface area contributed by atoms with Gasteiger partial charge < -0.3 is 24.6 Å². The minimum atomic E-state index is -0.858. The molecular formula is C16H18F2N4O4S. The second-order valence-corrected chi connectivity index (χ2v) is 6.55. The van der Waals surface area contributed by atoms with Gasteiger partial charge in [-0.15, -0.1) is 0 Å². The Labute approximate surface area is 159 Å². The molecule has 1 aromatic rings. The number of halogens is 2. The molecule has 0 bridgehead atoms. The lowest BCUT2D eigenvalue weighted by Gasteiger charge is -2.21. The van der Waals surface area contributed by atoms with Crippen LogP contribution in [-0.2, 0) is 14.3 Å². The summed E-state index contributed by atoms with van der Waals surface area (Å²) in [5, 5.41) is 2.91. The summed E-state index contributed by atoms with van der Waals surface area (Å²) in [7, 11) is 2.96. The van der Waals surface area contributed by atoms with Crippen molar-refractivity contribution in [2.24, 2.45) is 0 Å². The van der Waals surface area contributed by atoms with Gasteiger partial charge >= 0.3 is 6.09 Å². The quantitative estimate of drug-likeness (QED) is 0.758. The highest BCUT2D eigenvalue weighted by Gasteiger charge is 2.35. The highest BCUT2D eigenvalue weighted by Crippen LogP contribution is 2.32. The summed E-state index contributed by atoms with van der Waals surface area (Å²) in [6.45, 7) is 0.287. The van der Waals surface area contributed by atoms with E-state index in [2.05, 4.69) is 5.32 Å². The molecule has 0 spiro atoms. The van der Waals surface area contributed by atoms with Crippen LogP contribution in [0.25, 0.3) is 0 Å². The fraction of sp³-hybridized carbons (Fsp3) is 0.438. The number of amides is 2. The number of nitrogens with zero attached hydrogens (tertiary/aromatic N) is 3. The summed E-state index contributed by atoms with van der Waals surface area (Å²) < 4.78 is 39.1. The monoisotopic (exact) mass is 400 g/mol. The van der Waals surface area contributed by atoms with Gasteiger partial charge in [-0.1, -0.05) is 0 Å². The van der Waals surface area contributed by atoms with Crippen molar-refractivity contribution in [2.45, 2.75) is 6.10 Å². The molecule has 2 aliphatic heterocycles. The highest BCUT2D eigenvalue weighted by molar-refractivity contribution is 7.80. The molecule has 3 rings (SSSR count). The fourth-order valence-electron chi connectivity index (χ4n) is 2.94. The summed E-state index contributed by atoms with van der Waals surface area (Å²) in [5.74, 6) is -1.95. The van der Waals surface area contributed by atoms with Gasteiger partial charge in [0.25, 0.3) is 5.17 Å². The number of methoxy groups -OCH3 is 1. The number of carbonyl (C=O) groups excluding carboxylic acids is 2. The van der Waals surface area contributed by atoms with Gasteiger partial charge in [0.15, 0.2) is 11.6 Å². The minimum absolute atomic E-state index is 0.0365. The molecule has 0 aromatic heterocycles. The summed E-state index contributed by atoms with van der Waals surface area (Å²) in [5.41, 5.74) is -0.262. The Morgan fingerprint density at radius 3 is 2.59 bits per heavy atom. The topological polar surface area (TPSA) is 74.4 Å². The first-order chi connectivity index (χ1) is 12.8. The van der Waals surface area contributed by atoms with Gasteiger partial charge in [-0.25, -0.2) is 13.6 Å². The van der Waals surface area contributed by atoms with Crippen molar-refractivity contribution in [1.29, 1.82) is 0 Å². The van der Waals surface area contributed by atoms with Crippen molar-refractivity contribution in [3.8, 4) is 0 Å². The van der Waals surface area contributed by atoms with E-state index in [1.807, 2.05) is 0 Å². The molecule has 0 saturated carbocycles. The first kappa shape index (κ1) is 19.1. The maximum absolute atomic E-state index is 14.6. The summed E-state index contributed by atoms with van der Waals surface area (Å²) in [4.78, 5) is 27.5. The van der Waals surface area contributed by atoms with Crippen LogP contribution in [0.3, 0.4) is 0 Å². The van der Waals surface area contributed by atoms with E-state index in [9.17, 15) is 18.4 Å². The Balaban J connectivity index is 1.75. The van der Waals surface area contributed by atoms with Crippen LogP contribution in [0.15, 0.2) is 12.1 Å². The molecule has 2 fully saturated rings. The zero-order valence-corrected chi connectivity index (χ0v) is 15.5. The molecule has 8 nitrogen and oxygen atoms in total. The fourth-order valence-corrected chi connectivity index (χ4v) is 3.02. The van der Waals surface area contributed by atoms with Gasteiger partial charge in [-0.05, 0) is 12.2 Å². The Kier molecular flexibility index (Phi) is 5.31. The molecule has 0 aliphatic carbocycles. The molecular weight excluding hydrogens is 382 g/mol. The minimum Gasteiger partial charge on any atom is -0.474 e. The van der Waals surface area contributed by atoms with Crippen LogP contribution in [0.2, 0.25) is 0 Å². The van der Waals surface area contributed by atoms with Gasteiger partial charge in [0.1, 0.15) is 11.8 Å². The molecule has 1 aromatic carbocycles. The van der Waals surface area contributed by atoms with Crippen molar-refractivity contribution >= 4 is 40.8 Å². The second-order valence-electron chi connectivity index (χ2n) is 6.18. The van der Waals surface area contributed by atoms with E-state index in [1.165, 1.54) is 16.9 Å². The molecule has 27 heavy (non-hydrogen) atoms. The van der Waals surface area contributed by atoms with Crippen molar-refractivity contribution in [2.75, 3.05) is 50.3 Å². The van der Waals surface area contributed by atoms with E-state index < -0.39 is 23.8 Å². The summed E-state index contributed by atoms with van der Waals surface area (Å²) in [6, 6.07) is 2.11. The Morgan fingerprint density at radius 2 is 2.04 bits per heavy atom. The second kappa shape index (κ2) is 7.51. The third-order valence-electron chi connectivity index (χ3n) is 4.30. The van der Waals surface area contributed by atoms with E-state index in [0.29, 0.717) is 0 Å². The molecule has 11 heteroatoms. The maximum Gasteiger partial charge on any atom is 0.414 e. The predicted molar refractivity (Wildman–Crippen MR) is 96.6 cm³/mol. The third-order valence-corrected chi connectivity index (χ3v) is 4.61. The van der Waals surface area contributed by atoms with Crippen molar-refractivity contribution in [1.82, 2.24) is 10.2 Å². The van der Waals surface area contributed by atoms with Crippen molar-refractivity contribution in [3.63, 3.8) is 0 Å². The highest BCUT2D eigenvalue weighted by atomic mass is 32.1. The largest absolute Gasteiger partial charge is 0.474 e. The van der Waals surface area contributed by atoms with Crippen molar-refractivity contribution in [3.05, 3.63) is 23.8 Å². The Hall–Kier alpha value is -2.69. The maximum atomic E-state index is 14.6. The number of hydrogen-bond donors (Lipinski definition) is 1. The number of benzene rings is 1. The first-order valence-corrected chi connectivity index (χ1v) is 8.49. The van der Waals surface area contributed by atoms with Crippen molar-refractivity contribution < 1.29 is 27.8 Å². The number of carbonyl (C=O) groups is 2. The molecule has 2 heterocycles. The van der Waals surface area contributed by atoms with Gasteiger partial charge in [-0.3, -0.25) is 9.69 Å². The molecule has 146 valence electrons. The number of rotatable bonds is 4. The van der Waals surface area contributed by atoms with E-state index in [4.69, 9.17) is 21.7 Å². The number of cyclic esters (lactones) is 1. The standard InChI is InChI=1S/C16H18F2N4O4S/c1-20-8-21(7-13(20)23)14-11(17)3-9(4-12(14)18)22-6-10(26-16(22)24)5-19-15(27)25-2/h3-4,10H,5-8H2,1-2H3,(H,19,27). The molecule has 1 N–H and O–H groups in total. The lowest BCUT2D eigenvalue weighted by molar-refractivity contribution is -0.125. The van der Waals surface area contributed by atoms with Gasteiger partial charge in [0.05, 0.1) is 39.1 Å².